The van der Waals surface area contributed by atoms with E-state index < -0.39 is 95.8 Å². The maximum Gasteiger partial charge on any atom is 0.311 e. The van der Waals surface area contributed by atoms with E-state index >= 15 is 0 Å². The number of carbonyl (C=O) groups is 1. The summed E-state index contributed by atoms with van der Waals surface area (Å²) in [5.74, 6) is -2.80. The molecule has 4 heterocycles. The molecule has 4 N–H and O–H groups in total. The lowest BCUT2D eigenvalue weighted by Crippen LogP contribution is -2.62. The highest BCUT2D eigenvalue weighted by atomic mass is 16.7. The number of rotatable bonds is 7. The molecule has 2 bridgehead atoms. The van der Waals surface area contributed by atoms with Gasteiger partial charge in [0.2, 0.25) is 0 Å². The first-order chi connectivity index (χ1) is 23.6. The molecule has 3 fully saturated rings. The van der Waals surface area contributed by atoms with E-state index in [1.54, 1.807) is 34.6 Å². The Hall–Kier alpha value is -1.46. The minimum Gasteiger partial charge on any atom is -0.472 e. The Balaban J connectivity index is 1.87. The van der Waals surface area contributed by atoms with Crippen molar-refractivity contribution in [3.63, 3.8) is 0 Å². The standard InChI is InChI=1S/C37H66N2O12/c1-14-25-37(10,44)29(41)22(6)32-38-18(2)16-36(9,51-32)31(50-34-27(40)24(39(11)12)15-19(3)46-34)20(4)28(21(5)33(43)48-25)49-26-17-35(8,45-13)30(42)23(7)47-26/h18-31,34,40-42,44H,14-17H2,1-13H3/t18?,19?,20?,21?,22?,23?,24?,25-,26?,27?,28?,29?,30?,31?,34?,35-,36?,37?/m1/s1. The van der Waals surface area contributed by atoms with Gasteiger partial charge in [0.15, 0.2) is 18.5 Å². The fourth-order valence-electron chi connectivity index (χ4n) is 8.63. The third-order valence-electron chi connectivity index (χ3n) is 11.9. The van der Waals surface area contributed by atoms with Crippen molar-refractivity contribution in [1.82, 2.24) is 4.90 Å². The summed E-state index contributed by atoms with van der Waals surface area (Å²) in [7, 11) is 5.33. The van der Waals surface area contributed by atoms with Crippen LogP contribution < -0.4 is 0 Å². The van der Waals surface area contributed by atoms with Crippen molar-refractivity contribution in [2.45, 2.75) is 185 Å². The molecule has 0 aromatic heterocycles. The smallest absolute Gasteiger partial charge is 0.311 e. The number of hydrogen-bond donors (Lipinski definition) is 4. The lowest BCUT2D eigenvalue weighted by Gasteiger charge is -2.50. The molecule has 0 radical (unpaired) electrons. The highest BCUT2D eigenvalue weighted by Gasteiger charge is 2.55. The number of aliphatic imine (C=N–C) groups is 1. The molecule has 0 aromatic carbocycles. The van der Waals surface area contributed by atoms with Crippen molar-refractivity contribution in [3.8, 4) is 0 Å². The summed E-state index contributed by atoms with van der Waals surface area (Å²) < 4.78 is 44.7. The molecule has 4 aliphatic heterocycles. The number of methoxy groups -OCH3 is 1. The molecule has 51 heavy (non-hydrogen) atoms. The zero-order valence-electron chi connectivity index (χ0n) is 32.9. The summed E-state index contributed by atoms with van der Waals surface area (Å²) in [5.41, 5.74) is -4.01. The van der Waals surface area contributed by atoms with Gasteiger partial charge in [-0.15, -0.1) is 0 Å². The number of esters is 1. The molecular weight excluding hydrogens is 664 g/mol. The van der Waals surface area contributed by atoms with Crippen LogP contribution in [-0.2, 0) is 38.0 Å². The van der Waals surface area contributed by atoms with Gasteiger partial charge in [0.1, 0.15) is 35.6 Å². The van der Waals surface area contributed by atoms with Gasteiger partial charge in [-0.3, -0.25) is 9.79 Å². The van der Waals surface area contributed by atoms with Crippen molar-refractivity contribution >= 4 is 11.9 Å². The highest BCUT2D eigenvalue weighted by molar-refractivity contribution is 5.80. The highest BCUT2D eigenvalue weighted by Crippen LogP contribution is 2.43. The van der Waals surface area contributed by atoms with E-state index in [0.29, 0.717) is 12.8 Å². The molecule has 3 saturated heterocycles. The topological polar surface area (TPSA) is 178 Å². The van der Waals surface area contributed by atoms with Crippen molar-refractivity contribution in [2.75, 3.05) is 21.2 Å². The van der Waals surface area contributed by atoms with Crippen LogP contribution in [0.2, 0.25) is 0 Å². The van der Waals surface area contributed by atoms with Crippen molar-refractivity contribution < 1.29 is 58.4 Å². The van der Waals surface area contributed by atoms with Crippen molar-refractivity contribution in [3.05, 3.63) is 0 Å². The molecule has 18 atom stereocenters. The van der Waals surface area contributed by atoms with Gasteiger partial charge in [-0.25, -0.2) is 0 Å². The number of aliphatic hydroxyl groups is 4. The molecular formula is C37H66N2O12. The average molecular weight is 731 g/mol. The third kappa shape index (κ3) is 8.60. The summed E-state index contributed by atoms with van der Waals surface area (Å²) >= 11 is 0. The Morgan fingerprint density at radius 3 is 2.18 bits per heavy atom. The van der Waals surface area contributed by atoms with E-state index in [9.17, 15) is 25.2 Å². The van der Waals surface area contributed by atoms with Crippen LogP contribution in [0.15, 0.2) is 4.99 Å². The largest absolute Gasteiger partial charge is 0.472 e. The Kier molecular flexibility index (Phi) is 13.4. The Bertz CT molecular complexity index is 1220. The first-order valence-electron chi connectivity index (χ1n) is 18.7. The lowest BCUT2D eigenvalue weighted by molar-refractivity contribution is -0.317. The van der Waals surface area contributed by atoms with Crippen LogP contribution in [0.1, 0.15) is 94.9 Å². The predicted molar refractivity (Wildman–Crippen MR) is 188 cm³/mol. The molecule has 4 rings (SSSR count). The molecule has 296 valence electrons. The van der Waals surface area contributed by atoms with E-state index in [-0.39, 0.29) is 36.9 Å². The fraction of sp³-hybridized carbons (Fsp3) is 0.946. The van der Waals surface area contributed by atoms with E-state index in [4.69, 9.17) is 38.2 Å². The maximum absolute atomic E-state index is 14.2. The number of carbonyl (C=O) groups excluding carboxylic acids is 1. The van der Waals surface area contributed by atoms with Crippen LogP contribution >= 0.6 is 0 Å². The second-order valence-corrected chi connectivity index (χ2v) is 16.5. The molecule has 0 amide bonds. The molecule has 0 aliphatic carbocycles. The second kappa shape index (κ2) is 16.1. The molecule has 14 heteroatoms. The van der Waals surface area contributed by atoms with Gasteiger partial charge in [0.05, 0.1) is 47.9 Å². The summed E-state index contributed by atoms with van der Waals surface area (Å²) in [6.45, 7) is 17.8. The maximum atomic E-state index is 14.2. The summed E-state index contributed by atoms with van der Waals surface area (Å²) in [6, 6.07) is -0.532. The first kappa shape index (κ1) is 42.3. The van der Waals surface area contributed by atoms with Crippen molar-refractivity contribution in [1.29, 1.82) is 0 Å². The van der Waals surface area contributed by atoms with Crippen LogP contribution in [0.5, 0.6) is 0 Å². The summed E-state index contributed by atoms with van der Waals surface area (Å²) in [5, 5.41) is 45.9. The molecule has 0 saturated carbocycles. The normalized spacial score (nSPS) is 50.3. The first-order valence-corrected chi connectivity index (χ1v) is 18.7. The van der Waals surface area contributed by atoms with E-state index in [1.165, 1.54) is 14.0 Å². The zero-order chi connectivity index (χ0) is 38.4. The summed E-state index contributed by atoms with van der Waals surface area (Å²) in [6.07, 6.45) is -7.72. The molecule has 0 spiro atoms. The van der Waals surface area contributed by atoms with Gasteiger partial charge in [-0.2, -0.15) is 0 Å². The molecule has 14 nitrogen and oxygen atoms in total. The quantitative estimate of drug-likeness (QED) is 0.281. The average Bonchev–Trinajstić information content (AvgIpc) is 3.06. The van der Waals surface area contributed by atoms with E-state index in [1.807, 2.05) is 46.7 Å². The van der Waals surface area contributed by atoms with Gasteiger partial charge in [-0.05, 0) is 75.4 Å². The monoisotopic (exact) mass is 730 g/mol. The third-order valence-corrected chi connectivity index (χ3v) is 11.9. The van der Waals surface area contributed by atoms with Gasteiger partial charge < -0.3 is 58.5 Å². The minimum atomic E-state index is -1.87. The molecule has 0 aromatic rings. The van der Waals surface area contributed by atoms with Crippen molar-refractivity contribution in [2.24, 2.45) is 22.7 Å². The molecule has 16 unspecified atom stereocenters. The SMILES string of the molecule is CC[C@H]1OC(=O)C(C)C(OC2C[C@@](C)(OC)C(O)C(C)O2)C(C)C(OC2OC(C)CC(N(C)C)C2O)C2(C)CC(C)N=C(O2)C(C)C(O)C1(C)O. The van der Waals surface area contributed by atoms with Crippen LogP contribution in [0, 0.1) is 17.8 Å². The Morgan fingerprint density at radius 2 is 1.59 bits per heavy atom. The van der Waals surface area contributed by atoms with Gasteiger partial charge in [-0.1, -0.05) is 20.8 Å². The number of ether oxygens (including phenoxy) is 7. The molecule has 4 aliphatic rings. The van der Waals surface area contributed by atoms with Gasteiger partial charge in [0.25, 0.3) is 0 Å². The lowest BCUT2D eigenvalue weighted by atomic mass is 9.78. The number of likely N-dealkylation sites (N-methyl/N-ethyl adjacent to an activating group) is 1. The van der Waals surface area contributed by atoms with Crippen LogP contribution in [-0.4, -0.2) is 149 Å². The second-order valence-electron chi connectivity index (χ2n) is 16.5. The predicted octanol–water partition coefficient (Wildman–Crippen LogP) is 2.41. The van der Waals surface area contributed by atoms with Gasteiger partial charge >= 0.3 is 5.97 Å². The number of cyclic esters (lactones) is 1. The van der Waals surface area contributed by atoms with Crippen LogP contribution in [0.4, 0.5) is 0 Å². The fourth-order valence-corrected chi connectivity index (χ4v) is 8.63. The van der Waals surface area contributed by atoms with E-state index in [2.05, 4.69) is 0 Å². The number of aliphatic hydroxyl groups excluding tert-OH is 3. The number of nitrogens with zero attached hydrogens (tertiary/aromatic N) is 2. The Morgan fingerprint density at radius 1 is 0.941 bits per heavy atom. The number of fused-ring (bicyclic) bond motifs is 2. The zero-order valence-corrected chi connectivity index (χ0v) is 32.9. The van der Waals surface area contributed by atoms with Crippen LogP contribution in [0.25, 0.3) is 0 Å². The number of hydrogen-bond acceptors (Lipinski definition) is 14. The van der Waals surface area contributed by atoms with E-state index in [0.717, 1.165) is 0 Å². The van der Waals surface area contributed by atoms with Gasteiger partial charge in [0, 0.05) is 31.9 Å². The Labute approximate surface area is 304 Å². The van der Waals surface area contributed by atoms with Crippen LogP contribution in [0.3, 0.4) is 0 Å². The summed E-state index contributed by atoms with van der Waals surface area (Å²) in [4.78, 5) is 20.9. The minimum absolute atomic E-state index is 0.162.